The number of nitro benzene ring substituents is 1. The first-order valence-corrected chi connectivity index (χ1v) is 4.37. The number of aromatic amines is 1. The van der Waals surface area contributed by atoms with Gasteiger partial charge in [-0.2, -0.15) is 0 Å². The van der Waals surface area contributed by atoms with E-state index in [9.17, 15) is 10.1 Å². The van der Waals surface area contributed by atoms with Crippen molar-refractivity contribution >= 4 is 22.4 Å². The summed E-state index contributed by atoms with van der Waals surface area (Å²) >= 11 is 0. The predicted molar refractivity (Wildman–Crippen MR) is 57.5 cm³/mol. The highest BCUT2D eigenvalue weighted by atomic mass is 16.6. The number of rotatable bonds is 2. The van der Waals surface area contributed by atoms with Crippen molar-refractivity contribution in [1.29, 1.82) is 0 Å². The van der Waals surface area contributed by atoms with Gasteiger partial charge in [0, 0.05) is 34.8 Å². The molecular formula is C9H8N4O3. The fourth-order valence-corrected chi connectivity index (χ4v) is 1.49. The van der Waals surface area contributed by atoms with Crippen LogP contribution >= 0.6 is 0 Å². The molecule has 1 aromatic carbocycles. The number of benzene rings is 1. The zero-order valence-corrected chi connectivity index (χ0v) is 8.04. The highest BCUT2D eigenvalue weighted by Gasteiger charge is 2.12. The zero-order valence-electron chi connectivity index (χ0n) is 8.04. The van der Waals surface area contributed by atoms with Crippen LogP contribution in [0.4, 0.5) is 5.69 Å². The lowest BCUT2D eigenvalue weighted by Crippen LogP contribution is -2.12. The van der Waals surface area contributed by atoms with E-state index < -0.39 is 4.92 Å². The van der Waals surface area contributed by atoms with Gasteiger partial charge in [0.2, 0.25) is 0 Å². The molecule has 0 fully saturated rings. The number of hydrogen-bond acceptors (Lipinski definition) is 4. The summed E-state index contributed by atoms with van der Waals surface area (Å²) in [7, 11) is 0. The SMILES string of the molecule is NC(=NO)c1c[nH]c2ccc([N+](=O)[O-])cc12. The second-order valence-electron chi connectivity index (χ2n) is 3.17. The number of oxime groups is 1. The normalized spacial score (nSPS) is 11.9. The van der Waals surface area contributed by atoms with Crippen LogP contribution < -0.4 is 5.73 Å². The lowest BCUT2D eigenvalue weighted by atomic mass is 10.1. The first-order valence-electron chi connectivity index (χ1n) is 4.37. The Bertz CT molecular complexity index is 587. The Hall–Kier alpha value is -2.57. The summed E-state index contributed by atoms with van der Waals surface area (Å²) in [6.07, 6.45) is 1.53. The molecule has 7 heteroatoms. The number of nitrogens with two attached hydrogens (primary N) is 1. The van der Waals surface area contributed by atoms with E-state index in [1.165, 1.54) is 18.3 Å². The number of fused-ring (bicyclic) bond motifs is 1. The van der Waals surface area contributed by atoms with Gasteiger partial charge in [-0.1, -0.05) is 5.16 Å². The minimum atomic E-state index is -0.498. The second kappa shape index (κ2) is 3.54. The Morgan fingerprint density at radius 3 is 2.94 bits per heavy atom. The first-order chi connectivity index (χ1) is 7.63. The van der Waals surface area contributed by atoms with Gasteiger partial charge in [-0.05, 0) is 6.07 Å². The topological polar surface area (TPSA) is 118 Å². The molecule has 2 aromatic rings. The highest BCUT2D eigenvalue weighted by Crippen LogP contribution is 2.23. The summed E-state index contributed by atoms with van der Waals surface area (Å²) in [6, 6.07) is 4.33. The van der Waals surface area contributed by atoms with E-state index in [0.717, 1.165) is 0 Å². The largest absolute Gasteiger partial charge is 0.409 e. The van der Waals surface area contributed by atoms with Crippen molar-refractivity contribution in [1.82, 2.24) is 4.98 Å². The molecule has 0 unspecified atom stereocenters. The number of hydrogen-bond donors (Lipinski definition) is 3. The molecule has 0 radical (unpaired) electrons. The summed E-state index contributed by atoms with van der Waals surface area (Å²) in [5.41, 5.74) is 6.52. The molecular weight excluding hydrogens is 212 g/mol. The smallest absolute Gasteiger partial charge is 0.270 e. The van der Waals surface area contributed by atoms with Crippen LogP contribution in [0.5, 0.6) is 0 Å². The van der Waals surface area contributed by atoms with Crippen molar-refractivity contribution in [3.8, 4) is 0 Å². The summed E-state index contributed by atoms with van der Waals surface area (Å²) in [6.45, 7) is 0. The molecule has 0 saturated carbocycles. The average molecular weight is 220 g/mol. The minimum absolute atomic E-state index is 0.0425. The third kappa shape index (κ3) is 1.44. The van der Waals surface area contributed by atoms with Crippen LogP contribution in [0.25, 0.3) is 10.9 Å². The van der Waals surface area contributed by atoms with Crippen molar-refractivity contribution in [3.05, 3.63) is 40.1 Å². The standard InChI is InChI=1S/C9H8N4O3/c10-9(12-14)7-4-11-8-2-1-5(13(15)16)3-6(7)8/h1-4,11,14H,(H2,10,12). The molecule has 1 heterocycles. The van der Waals surface area contributed by atoms with Gasteiger partial charge in [-0.25, -0.2) is 0 Å². The molecule has 0 aliphatic heterocycles. The molecule has 0 amide bonds. The molecule has 82 valence electrons. The molecule has 0 saturated heterocycles. The van der Waals surface area contributed by atoms with Crippen LogP contribution in [0.2, 0.25) is 0 Å². The monoisotopic (exact) mass is 220 g/mol. The van der Waals surface area contributed by atoms with E-state index in [-0.39, 0.29) is 11.5 Å². The van der Waals surface area contributed by atoms with E-state index in [4.69, 9.17) is 10.9 Å². The molecule has 7 nitrogen and oxygen atoms in total. The Labute approximate surface area is 89.3 Å². The van der Waals surface area contributed by atoms with Gasteiger partial charge in [-0.15, -0.1) is 0 Å². The van der Waals surface area contributed by atoms with Crippen molar-refractivity contribution in [2.24, 2.45) is 10.9 Å². The first kappa shape index (κ1) is 9.97. The van der Waals surface area contributed by atoms with Gasteiger partial charge in [0.25, 0.3) is 5.69 Å². The summed E-state index contributed by atoms with van der Waals surface area (Å²) in [4.78, 5) is 13.0. The van der Waals surface area contributed by atoms with Crippen LogP contribution in [-0.4, -0.2) is 21.0 Å². The summed E-state index contributed by atoms with van der Waals surface area (Å²) in [5.74, 6) is -0.0910. The number of aromatic nitrogens is 1. The van der Waals surface area contributed by atoms with Crippen LogP contribution in [0.1, 0.15) is 5.56 Å². The number of H-pyrrole nitrogens is 1. The van der Waals surface area contributed by atoms with E-state index in [1.54, 1.807) is 6.07 Å². The molecule has 2 rings (SSSR count). The van der Waals surface area contributed by atoms with E-state index in [2.05, 4.69) is 10.1 Å². The van der Waals surface area contributed by atoms with Crippen molar-refractivity contribution in [2.75, 3.05) is 0 Å². The van der Waals surface area contributed by atoms with Gasteiger partial charge in [0.1, 0.15) is 0 Å². The minimum Gasteiger partial charge on any atom is -0.409 e. The molecule has 16 heavy (non-hydrogen) atoms. The number of amidine groups is 1. The zero-order chi connectivity index (χ0) is 11.7. The van der Waals surface area contributed by atoms with Crippen LogP contribution in [0.3, 0.4) is 0 Å². The number of non-ortho nitro benzene ring substituents is 1. The maximum absolute atomic E-state index is 10.6. The average Bonchev–Trinajstić information content (AvgIpc) is 2.70. The lowest BCUT2D eigenvalue weighted by Gasteiger charge is -1.96. The molecule has 0 bridgehead atoms. The molecule has 0 aliphatic rings. The molecule has 4 N–H and O–H groups in total. The van der Waals surface area contributed by atoms with E-state index in [0.29, 0.717) is 16.5 Å². The van der Waals surface area contributed by atoms with E-state index in [1.807, 2.05) is 0 Å². The van der Waals surface area contributed by atoms with Crippen molar-refractivity contribution in [3.63, 3.8) is 0 Å². The van der Waals surface area contributed by atoms with Gasteiger partial charge < -0.3 is 15.9 Å². The molecule has 0 aliphatic carbocycles. The van der Waals surface area contributed by atoms with Crippen LogP contribution in [0.15, 0.2) is 29.6 Å². The van der Waals surface area contributed by atoms with Gasteiger partial charge in [0.05, 0.1) is 4.92 Å². The summed E-state index contributed by atoms with van der Waals surface area (Å²) in [5, 5.41) is 22.6. The third-order valence-electron chi connectivity index (χ3n) is 2.26. The number of nitro groups is 1. The third-order valence-corrected chi connectivity index (χ3v) is 2.26. The van der Waals surface area contributed by atoms with Gasteiger partial charge in [0.15, 0.2) is 5.84 Å². The highest BCUT2D eigenvalue weighted by molar-refractivity contribution is 6.08. The Balaban J connectivity index is 2.69. The van der Waals surface area contributed by atoms with E-state index >= 15 is 0 Å². The molecule has 0 atom stereocenters. The fourth-order valence-electron chi connectivity index (χ4n) is 1.49. The quantitative estimate of drug-likeness (QED) is 0.231. The Morgan fingerprint density at radius 1 is 1.56 bits per heavy atom. The molecule has 1 aromatic heterocycles. The second-order valence-corrected chi connectivity index (χ2v) is 3.17. The predicted octanol–water partition coefficient (Wildman–Crippen LogP) is 1.17. The fraction of sp³-hybridized carbons (Fsp3) is 0. The van der Waals surface area contributed by atoms with Crippen LogP contribution in [-0.2, 0) is 0 Å². The van der Waals surface area contributed by atoms with Crippen molar-refractivity contribution in [2.45, 2.75) is 0 Å². The Morgan fingerprint density at radius 2 is 2.31 bits per heavy atom. The Kier molecular flexibility index (Phi) is 2.20. The maximum atomic E-state index is 10.6. The number of nitrogens with zero attached hydrogens (tertiary/aromatic N) is 2. The maximum Gasteiger partial charge on any atom is 0.270 e. The van der Waals surface area contributed by atoms with Gasteiger partial charge >= 0.3 is 0 Å². The molecule has 0 spiro atoms. The van der Waals surface area contributed by atoms with Gasteiger partial charge in [-0.3, -0.25) is 10.1 Å². The number of nitrogens with one attached hydrogen (secondary N) is 1. The van der Waals surface area contributed by atoms with Crippen LogP contribution in [0, 0.1) is 10.1 Å². The lowest BCUT2D eigenvalue weighted by molar-refractivity contribution is -0.384. The summed E-state index contributed by atoms with van der Waals surface area (Å²) < 4.78 is 0. The van der Waals surface area contributed by atoms with Crippen molar-refractivity contribution < 1.29 is 10.1 Å².